The van der Waals surface area contributed by atoms with Gasteiger partial charge in [0.1, 0.15) is 5.82 Å². The highest BCUT2D eigenvalue weighted by Crippen LogP contribution is 2.25. The zero-order chi connectivity index (χ0) is 13.2. The maximum atomic E-state index is 6.02. The molecule has 0 saturated carbocycles. The van der Waals surface area contributed by atoms with Gasteiger partial charge in [-0.2, -0.15) is 0 Å². The quantitative estimate of drug-likeness (QED) is 0.710. The molecule has 0 spiro atoms. The van der Waals surface area contributed by atoms with E-state index in [-0.39, 0.29) is 0 Å². The third-order valence-corrected chi connectivity index (χ3v) is 3.25. The van der Waals surface area contributed by atoms with Gasteiger partial charge in [-0.15, -0.1) is 0 Å². The molecule has 0 bridgehead atoms. The van der Waals surface area contributed by atoms with Crippen molar-refractivity contribution in [3.8, 4) is 0 Å². The van der Waals surface area contributed by atoms with Crippen molar-refractivity contribution in [3.63, 3.8) is 0 Å². The van der Waals surface area contributed by atoms with Crippen LogP contribution in [0.25, 0.3) is 10.8 Å². The van der Waals surface area contributed by atoms with E-state index in [0.29, 0.717) is 0 Å². The van der Waals surface area contributed by atoms with E-state index in [1.54, 1.807) is 6.20 Å². The number of nitrogens with zero attached hydrogens (tertiary/aromatic N) is 2. The molecule has 0 radical (unpaired) electrons. The van der Waals surface area contributed by atoms with Crippen LogP contribution in [0.2, 0.25) is 0 Å². The Balaban J connectivity index is 2.09. The SMILES string of the molecule is Cc1nccc(Cc2ccc(N)c3ccccc23)n1. The minimum atomic E-state index is 0.796. The maximum absolute atomic E-state index is 6.02. The van der Waals surface area contributed by atoms with Gasteiger partial charge in [-0.1, -0.05) is 30.3 Å². The number of nitrogens with two attached hydrogens (primary N) is 1. The molecule has 0 saturated heterocycles. The first kappa shape index (κ1) is 11.7. The minimum Gasteiger partial charge on any atom is -0.398 e. The first-order valence-electron chi connectivity index (χ1n) is 6.28. The molecule has 0 aliphatic carbocycles. The third-order valence-electron chi connectivity index (χ3n) is 3.25. The van der Waals surface area contributed by atoms with Gasteiger partial charge >= 0.3 is 0 Å². The van der Waals surface area contributed by atoms with Crippen molar-refractivity contribution in [2.45, 2.75) is 13.3 Å². The summed E-state index contributed by atoms with van der Waals surface area (Å²) >= 11 is 0. The highest BCUT2D eigenvalue weighted by Gasteiger charge is 2.05. The van der Waals surface area contributed by atoms with E-state index < -0.39 is 0 Å². The van der Waals surface area contributed by atoms with Gasteiger partial charge in [0, 0.05) is 29.4 Å². The number of benzene rings is 2. The molecule has 0 unspecified atom stereocenters. The standard InChI is InChI=1S/C16H15N3/c1-11-18-9-8-13(19-11)10-12-6-7-16(17)15-5-3-2-4-14(12)15/h2-9H,10,17H2,1H3. The Hall–Kier alpha value is -2.42. The van der Waals surface area contributed by atoms with Crippen molar-refractivity contribution in [1.29, 1.82) is 0 Å². The van der Waals surface area contributed by atoms with Gasteiger partial charge in [-0.25, -0.2) is 9.97 Å². The molecule has 0 fully saturated rings. The third kappa shape index (κ3) is 2.27. The molecule has 94 valence electrons. The molecule has 1 aromatic heterocycles. The van der Waals surface area contributed by atoms with E-state index in [4.69, 9.17) is 5.73 Å². The zero-order valence-corrected chi connectivity index (χ0v) is 10.8. The van der Waals surface area contributed by atoms with E-state index >= 15 is 0 Å². The number of rotatable bonds is 2. The van der Waals surface area contributed by atoms with Gasteiger partial charge < -0.3 is 5.73 Å². The van der Waals surface area contributed by atoms with Crippen molar-refractivity contribution in [3.05, 3.63) is 65.7 Å². The molecule has 0 aliphatic heterocycles. The van der Waals surface area contributed by atoms with E-state index in [2.05, 4.69) is 28.2 Å². The monoisotopic (exact) mass is 249 g/mol. The number of nitrogen functional groups attached to an aromatic ring is 1. The van der Waals surface area contributed by atoms with Crippen molar-refractivity contribution in [2.75, 3.05) is 5.73 Å². The average molecular weight is 249 g/mol. The summed E-state index contributed by atoms with van der Waals surface area (Å²) in [4.78, 5) is 8.58. The molecule has 0 aliphatic rings. The minimum absolute atomic E-state index is 0.796. The van der Waals surface area contributed by atoms with Gasteiger partial charge in [0.25, 0.3) is 0 Å². The van der Waals surface area contributed by atoms with E-state index in [1.807, 2.05) is 31.2 Å². The van der Waals surface area contributed by atoms with Crippen molar-refractivity contribution in [2.24, 2.45) is 0 Å². The van der Waals surface area contributed by atoms with Gasteiger partial charge in [-0.3, -0.25) is 0 Å². The molecule has 3 aromatic rings. The summed E-state index contributed by atoms with van der Waals surface area (Å²) in [6, 6.07) is 14.2. The summed E-state index contributed by atoms with van der Waals surface area (Å²) in [6.07, 6.45) is 2.60. The number of fused-ring (bicyclic) bond motifs is 1. The largest absolute Gasteiger partial charge is 0.398 e. The van der Waals surface area contributed by atoms with Gasteiger partial charge in [0.05, 0.1) is 0 Å². The summed E-state index contributed by atoms with van der Waals surface area (Å²) in [5, 5.41) is 2.30. The lowest BCUT2D eigenvalue weighted by Gasteiger charge is -2.08. The highest BCUT2D eigenvalue weighted by atomic mass is 14.9. The summed E-state index contributed by atoms with van der Waals surface area (Å²) in [6.45, 7) is 1.91. The van der Waals surface area contributed by atoms with Gasteiger partial charge in [-0.05, 0) is 30.0 Å². The van der Waals surface area contributed by atoms with Crippen molar-refractivity contribution in [1.82, 2.24) is 9.97 Å². The number of hydrogen-bond acceptors (Lipinski definition) is 3. The summed E-state index contributed by atoms with van der Waals surface area (Å²) in [5.41, 5.74) is 9.10. The van der Waals surface area contributed by atoms with Crippen LogP contribution in [0.4, 0.5) is 5.69 Å². The molecule has 0 atom stereocenters. The van der Waals surface area contributed by atoms with Crippen LogP contribution in [0.5, 0.6) is 0 Å². The van der Waals surface area contributed by atoms with Crippen LogP contribution in [-0.4, -0.2) is 9.97 Å². The van der Waals surface area contributed by atoms with E-state index in [9.17, 15) is 0 Å². The molecular weight excluding hydrogens is 234 g/mol. The van der Waals surface area contributed by atoms with Crippen LogP contribution in [0.3, 0.4) is 0 Å². The molecular formula is C16H15N3. The van der Waals surface area contributed by atoms with Gasteiger partial charge in [0.2, 0.25) is 0 Å². The fourth-order valence-corrected chi connectivity index (χ4v) is 2.34. The molecule has 3 heteroatoms. The second-order valence-corrected chi connectivity index (χ2v) is 4.63. The number of aryl methyl sites for hydroxylation is 1. The smallest absolute Gasteiger partial charge is 0.125 e. The molecule has 1 heterocycles. The topological polar surface area (TPSA) is 51.8 Å². The lowest BCUT2D eigenvalue weighted by molar-refractivity contribution is 0.971. The number of aromatic nitrogens is 2. The van der Waals surface area contributed by atoms with Crippen LogP contribution in [0.15, 0.2) is 48.7 Å². The first-order valence-corrected chi connectivity index (χ1v) is 6.28. The van der Waals surface area contributed by atoms with E-state index in [0.717, 1.165) is 29.0 Å². The highest BCUT2D eigenvalue weighted by molar-refractivity contribution is 5.95. The Bertz CT molecular complexity index is 735. The van der Waals surface area contributed by atoms with Crippen molar-refractivity contribution >= 4 is 16.5 Å². The number of anilines is 1. The Morgan fingerprint density at radius 1 is 1.00 bits per heavy atom. The Morgan fingerprint density at radius 3 is 2.58 bits per heavy atom. The second kappa shape index (κ2) is 4.69. The van der Waals surface area contributed by atoms with Crippen LogP contribution >= 0.6 is 0 Å². The lowest BCUT2D eigenvalue weighted by Crippen LogP contribution is -1.97. The fourth-order valence-electron chi connectivity index (χ4n) is 2.34. The molecule has 19 heavy (non-hydrogen) atoms. The Labute approximate surface area is 112 Å². The van der Waals surface area contributed by atoms with E-state index in [1.165, 1.54) is 10.9 Å². The van der Waals surface area contributed by atoms with Crippen LogP contribution in [0, 0.1) is 6.92 Å². The number of hydrogen-bond donors (Lipinski definition) is 1. The van der Waals surface area contributed by atoms with Crippen LogP contribution in [-0.2, 0) is 6.42 Å². The molecule has 0 amide bonds. The summed E-state index contributed by atoms with van der Waals surface area (Å²) in [7, 11) is 0. The van der Waals surface area contributed by atoms with Crippen LogP contribution in [0.1, 0.15) is 17.1 Å². The van der Waals surface area contributed by atoms with Crippen LogP contribution < -0.4 is 5.73 Å². The van der Waals surface area contributed by atoms with Gasteiger partial charge in [0.15, 0.2) is 0 Å². The summed E-state index contributed by atoms with van der Waals surface area (Å²) < 4.78 is 0. The Kier molecular flexibility index (Phi) is 2.88. The average Bonchev–Trinajstić information content (AvgIpc) is 2.42. The van der Waals surface area contributed by atoms with Crippen molar-refractivity contribution < 1.29 is 0 Å². The summed E-state index contributed by atoms with van der Waals surface area (Å²) in [5.74, 6) is 0.803. The molecule has 3 rings (SSSR count). The molecule has 2 aromatic carbocycles. The Morgan fingerprint density at radius 2 is 1.79 bits per heavy atom. The fraction of sp³-hybridized carbons (Fsp3) is 0.125. The first-order chi connectivity index (χ1) is 9.24. The maximum Gasteiger partial charge on any atom is 0.125 e. The lowest BCUT2D eigenvalue weighted by atomic mass is 9.99. The second-order valence-electron chi connectivity index (χ2n) is 4.63. The molecule has 3 nitrogen and oxygen atoms in total. The molecule has 2 N–H and O–H groups in total. The zero-order valence-electron chi connectivity index (χ0n) is 10.8. The predicted molar refractivity (Wildman–Crippen MR) is 77.9 cm³/mol. The predicted octanol–water partition coefficient (Wildman–Crippen LogP) is 3.11. The normalized spacial score (nSPS) is 10.8.